The van der Waals surface area contributed by atoms with Crippen molar-refractivity contribution >= 4 is 17.5 Å². The molecule has 1 atom stereocenters. The van der Waals surface area contributed by atoms with Crippen LogP contribution in [0.3, 0.4) is 0 Å². The number of ether oxygens (including phenoxy) is 1. The summed E-state index contributed by atoms with van der Waals surface area (Å²) < 4.78 is 5.37. The van der Waals surface area contributed by atoms with Gasteiger partial charge in [0.25, 0.3) is 5.91 Å². The molecule has 2 amide bonds. The van der Waals surface area contributed by atoms with Gasteiger partial charge in [-0.25, -0.2) is 0 Å². The second-order valence-corrected chi connectivity index (χ2v) is 6.50. The van der Waals surface area contributed by atoms with E-state index in [9.17, 15) is 14.7 Å². The van der Waals surface area contributed by atoms with Gasteiger partial charge in [-0.05, 0) is 54.8 Å². The maximum atomic E-state index is 12.7. The van der Waals surface area contributed by atoms with Crippen LogP contribution >= 0.6 is 0 Å². The molecular formula is C21H26N2O4. The monoisotopic (exact) mass is 370 g/mol. The molecule has 6 heteroatoms. The summed E-state index contributed by atoms with van der Waals surface area (Å²) in [4.78, 5) is 25.2. The molecule has 3 N–H and O–H groups in total. The number of carbonyl (C=O) groups excluding carboxylic acids is 2. The number of anilines is 1. The second kappa shape index (κ2) is 9.73. The Kier molecular flexibility index (Phi) is 7.37. The molecular weight excluding hydrogens is 344 g/mol. The Labute approximate surface area is 159 Å². The molecule has 2 aromatic rings. The van der Waals surface area contributed by atoms with Crippen molar-refractivity contribution in [2.24, 2.45) is 5.92 Å². The van der Waals surface area contributed by atoms with Crippen LogP contribution in [0.1, 0.15) is 36.7 Å². The van der Waals surface area contributed by atoms with Crippen molar-refractivity contribution in [3.8, 4) is 5.75 Å². The summed E-state index contributed by atoms with van der Waals surface area (Å²) >= 11 is 0. The fraction of sp³-hybridized carbons (Fsp3) is 0.333. The predicted octanol–water partition coefficient (Wildman–Crippen LogP) is 2.97. The molecule has 2 aromatic carbocycles. The third kappa shape index (κ3) is 5.82. The molecule has 0 saturated carbocycles. The molecule has 6 nitrogen and oxygen atoms in total. The molecule has 0 spiro atoms. The molecule has 0 aromatic heterocycles. The van der Waals surface area contributed by atoms with Gasteiger partial charge in [0.15, 0.2) is 0 Å². The molecule has 0 saturated heterocycles. The van der Waals surface area contributed by atoms with Crippen LogP contribution in [0.25, 0.3) is 0 Å². The third-order valence-electron chi connectivity index (χ3n) is 4.04. The number of benzene rings is 2. The van der Waals surface area contributed by atoms with E-state index in [4.69, 9.17) is 4.74 Å². The van der Waals surface area contributed by atoms with Crippen LogP contribution in [-0.2, 0) is 11.4 Å². The number of rotatable bonds is 8. The Morgan fingerprint density at radius 1 is 1.11 bits per heavy atom. The second-order valence-electron chi connectivity index (χ2n) is 6.50. The van der Waals surface area contributed by atoms with Crippen LogP contribution in [0.5, 0.6) is 5.75 Å². The van der Waals surface area contributed by atoms with Gasteiger partial charge >= 0.3 is 0 Å². The largest absolute Gasteiger partial charge is 0.494 e. The highest BCUT2D eigenvalue weighted by Gasteiger charge is 2.25. The third-order valence-corrected chi connectivity index (χ3v) is 4.04. The van der Waals surface area contributed by atoms with Crippen LogP contribution in [-0.4, -0.2) is 29.6 Å². The van der Waals surface area contributed by atoms with Crippen LogP contribution in [0.2, 0.25) is 0 Å². The van der Waals surface area contributed by atoms with Crippen molar-refractivity contribution < 1.29 is 19.4 Å². The summed E-state index contributed by atoms with van der Waals surface area (Å²) in [5.41, 5.74) is 1.74. The van der Waals surface area contributed by atoms with Crippen molar-refractivity contribution in [1.29, 1.82) is 0 Å². The normalized spacial score (nSPS) is 11.7. The fourth-order valence-corrected chi connectivity index (χ4v) is 2.60. The average Bonchev–Trinajstić information content (AvgIpc) is 2.66. The average molecular weight is 370 g/mol. The Hall–Kier alpha value is -2.86. The summed E-state index contributed by atoms with van der Waals surface area (Å²) in [6.07, 6.45) is 0. The van der Waals surface area contributed by atoms with Crippen LogP contribution < -0.4 is 15.4 Å². The Bertz CT molecular complexity index is 772. The highest BCUT2D eigenvalue weighted by molar-refractivity contribution is 6.01. The summed E-state index contributed by atoms with van der Waals surface area (Å²) in [7, 11) is 0. The Balaban J connectivity index is 2.07. The first kappa shape index (κ1) is 20.5. The molecule has 1 unspecified atom stereocenters. The zero-order valence-corrected chi connectivity index (χ0v) is 15.9. The number of hydrogen-bond donors (Lipinski definition) is 3. The first-order valence-corrected chi connectivity index (χ1v) is 8.99. The van der Waals surface area contributed by atoms with E-state index in [0.29, 0.717) is 29.2 Å². The quantitative estimate of drug-likeness (QED) is 0.667. The first-order valence-electron chi connectivity index (χ1n) is 8.99. The molecule has 0 radical (unpaired) electrons. The van der Waals surface area contributed by atoms with E-state index in [1.807, 2.05) is 20.8 Å². The lowest BCUT2D eigenvalue weighted by Gasteiger charge is -2.22. The van der Waals surface area contributed by atoms with E-state index in [1.54, 1.807) is 48.5 Å². The lowest BCUT2D eigenvalue weighted by atomic mass is 10.0. The maximum Gasteiger partial charge on any atom is 0.251 e. The lowest BCUT2D eigenvalue weighted by molar-refractivity contribution is -0.118. The van der Waals surface area contributed by atoms with Crippen molar-refractivity contribution in [3.63, 3.8) is 0 Å². The molecule has 144 valence electrons. The molecule has 0 aliphatic carbocycles. The van der Waals surface area contributed by atoms with Gasteiger partial charge in [0.2, 0.25) is 5.91 Å². The van der Waals surface area contributed by atoms with Crippen molar-refractivity contribution in [2.75, 3.05) is 11.9 Å². The van der Waals surface area contributed by atoms with Gasteiger partial charge in [-0.1, -0.05) is 26.0 Å². The maximum absolute atomic E-state index is 12.7. The molecule has 0 aliphatic rings. The molecule has 2 rings (SSSR count). The zero-order valence-electron chi connectivity index (χ0n) is 15.9. The fourth-order valence-electron chi connectivity index (χ4n) is 2.60. The van der Waals surface area contributed by atoms with Gasteiger partial charge in [-0.15, -0.1) is 0 Å². The molecule has 0 bridgehead atoms. The van der Waals surface area contributed by atoms with Crippen molar-refractivity contribution in [1.82, 2.24) is 5.32 Å². The predicted molar refractivity (Wildman–Crippen MR) is 105 cm³/mol. The molecule has 0 heterocycles. The topological polar surface area (TPSA) is 87.7 Å². The van der Waals surface area contributed by atoms with E-state index in [0.717, 1.165) is 0 Å². The minimum Gasteiger partial charge on any atom is -0.494 e. The molecule has 27 heavy (non-hydrogen) atoms. The van der Waals surface area contributed by atoms with E-state index in [2.05, 4.69) is 10.6 Å². The van der Waals surface area contributed by atoms with Gasteiger partial charge in [0.1, 0.15) is 11.8 Å². The van der Waals surface area contributed by atoms with E-state index >= 15 is 0 Å². The first-order chi connectivity index (χ1) is 12.9. The minimum atomic E-state index is -0.693. The van der Waals surface area contributed by atoms with Crippen LogP contribution in [0.15, 0.2) is 48.5 Å². The standard InChI is InChI=1S/C21H26N2O4/c1-4-27-18-10-8-16(9-11-18)20(25)23-19(14(2)3)21(26)22-17-7-5-6-15(12-17)13-24/h5-12,14,19,24H,4,13H2,1-3H3,(H,22,26)(H,23,25). The smallest absolute Gasteiger partial charge is 0.251 e. The highest BCUT2D eigenvalue weighted by atomic mass is 16.5. The number of aliphatic hydroxyl groups is 1. The summed E-state index contributed by atoms with van der Waals surface area (Å²) in [5.74, 6) is -0.0379. The van der Waals surface area contributed by atoms with Gasteiger partial charge < -0.3 is 20.5 Å². The van der Waals surface area contributed by atoms with Gasteiger partial charge in [-0.3, -0.25) is 9.59 Å². The SMILES string of the molecule is CCOc1ccc(C(=O)NC(C(=O)Nc2cccc(CO)c2)C(C)C)cc1. The number of carbonyl (C=O) groups is 2. The Morgan fingerprint density at radius 3 is 2.41 bits per heavy atom. The Morgan fingerprint density at radius 2 is 1.81 bits per heavy atom. The van der Waals surface area contributed by atoms with Gasteiger partial charge in [0.05, 0.1) is 13.2 Å². The van der Waals surface area contributed by atoms with Crippen LogP contribution in [0.4, 0.5) is 5.69 Å². The summed E-state index contributed by atoms with van der Waals surface area (Å²) in [6.45, 7) is 6.08. The number of hydrogen-bond acceptors (Lipinski definition) is 4. The lowest BCUT2D eigenvalue weighted by Crippen LogP contribution is -2.47. The highest BCUT2D eigenvalue weighted by Crippen LogP contribution is 2.15. The number of aliphatic hydroxyl groups excluding tert-OH is 1. The van der Waals surface area contributed by atoms with E-state index in [-0.39, 0.29) is 24.3 Å². The number of nitrogens with one attached hydrogen (secondary N) is 2. The number of amides is 2. The van der Waals surface area contributed by atoms with Gasteiger partial charge in [0, 0.05) is 11.3 Å². The summed E-state index contributed by atoms with van der Waals surface area (Å²) in [5, 5.41) is 14.8. The van der Waals surface area contributed by atoms with Gasteiger partial charge in [-0.2, -0.15) is 0 Å². The van der Waals surface area contributed by atoms with Crippen molar-refractivity contribution in [2.45, 2.75) is 33.4 Å². The molecule has 0 aliphatic heterocycles. The van der Waals surface area contributed by atoms with E-state index < -0.39 is 6.04 Å². The van der Waals surface area contributed by atoms with Crippen molar-refractivity contribution in [3.05, 3.63) is 59.7 Å². The summed E-state index contributed by atoms with van der Waals surface area (Å²) in [6, 6.07) is 13.1. The minimum absolute atomic E-state index is 0.0994. The van der Waals surface area contributed by atoms with Crippen LogP contribution in [0, 0.1) is 5.92 Å². The zero-order chi connectivity index (χ0) is 19.8. The molecule has 0 fully saturated rings. The van der Waals surface area contributed by atoms with E-state index in [1.165, 1.54) is 0 Å².